The van der Waals surface area contributed by atoms with E-state index < -0.39 is 0 Å². The van der Waals surface area contributed by atoms with Crippen molar-refractivity contribution in [1.82, 2.24) is 0 Å². The maximum Gasteiger partial charge on any atom is 0.341 e. The average molecular weight is 402 g/mol. The monoisotopic (exact) mass is 402 g/mol. The number of benzene rings is 1. The molecule has 2 aliphatic rings. The number of thiophene rings is 1. The van der Waals surface area contributed by atoms with E-state index >= 15 is 0 Å². The first-order chi connectivity index (χ1) is 13.7. The fourth-order valence-electron chi connectivity index (χ4n) is 3.43. The molecule has 0 saturated carbocycles. The molecule has 4 rings (SSSR count). The van der Waals surface area contributed by atoms with Crippen LogP contribution >= 0.6 is 11.3 Å². The molecule has 0 atom stereocenters. The number of esters is 1. The van der Waals surface area contributed by atoms with Crippen molar-refractivity contribution >= 4 is 33.9 Å². The first kappa shape index (κ1) is 18.6. The summed E-state index contributed by atoms with van der Waals surface area (Å²) < 4.78 is 15.8. The molecule has 1 aromatic heterocycles. The third kappa shape index (κ3) is 3.77. The highest BCUT2D eigenvalue weighted by molar-refractivity contribution is 7.17. The fourth-order valence-corrected chi connectivity index (χ4v) is 4.73. The molecule has 8 heteroatoms. The normalized spacial score (nSPS) is 14.3. The van der Waals surface area contributed by atoms with E-state index in [2.05, 4.69) is 10.6 Å². The van der Waals surface area contributed by atoms with Crippen LogP contribution in [0.4, 0.5) is 10.7 Å². The van der Waals surface area contributed by atoms with Crippen LogP contribution in [-0.4, -0.2) is 31.8 Å². The minimum absolute atomic E-state index is 0.0739. The number of carbonyl (C=O) groups excluding carboxylic acids is 2. The lowest BCUT2D eigenvalue weighted by Gasteiger charge is -2.12. The Morgan fingerprint density at radius 1 is 1.18 bits per heavy atom. The zero-order chi connectivity index (χ0) is 19.5. The molecule has 0 unspecified atom stereocenters. The molecule has 1 aliphatic heterocycles. The van der Waals surface area contributed by atoms with E-state index in [4.69, 9.17) is 14.2 Å². The van der Waals surface area contributed by atoms with Gasteiger partial charge in [-0.3, -0.25) is 4.79 Å². The summed E-state index contributed by atoms with van der Waals surface area (Å²) >= 11 is 1.49. The maximum absolute atomic E-state index is 12.5. The molecular formula is C20H22N2O5S. The highest BCUT2D eigenvalue weighted by atomic mass is 32.1. The molecule has 0 bridgehead atoms. The number of amides is 1. The first-order valence-electron chi connectivity index (χ1n) is 9.40. The summed E-state index contributed by atoms with van der Waals surface area (Å²) in [7, 11) is 0. The third-order valence-electron chi connectivity index (χ3n) is 4.73. The Labute approximate surface area is 167 Å². The van der Waals surface area contributed by atoms with Gasteiger partial charge in [0.25, 0.3) is 0 Å². The summed E-state index contributed by atoms with van der Waals surface area (Å²) in [5.74, 6) is 0.766. The molecule has 2 heterocycles. The second-order valence-corrected chi connectivity index (χ2v) is 7.71. The van der Waals surface area contributed by atoms with Gasteiger partial charge in [-0.1, -0.05) is 0 Å². The molecule has 0 spiro atoms. The van der Waals surface area contributed by atoms with Crippen molar-refractivity contribution in [2.75, 3.05) is 30.6 Å². The zero-order valence-electron chi connectivity index (χ0n) is 15.6. The molecule has 0 fully saturated rings. The number of ether oxygens (including phenoxy) is 3. The van der Waals surface area contributed by atoms with Gasteiger partial charge in [-0.2, -0.15) is 0 Å². The molecular weight excluding hydrogens is 380 g/mol. The SMILES string of the molecule is CCOC(=O)c1c(NC(=O)CNc2ccc3c(c2)OCO3)sc2c1CCCC2. The van der Waals surface area contributed by atoms with Crippen LogP contribution in [0.2, 0.25) is 0 Å². The van der Waals surface area contributed by atoms with Crippen LogP contribution in [0.1, 0.15) is 40.6 Å². The summed E-state index contributed by atoms with van der Waals surface area (Å²) in [5.41, 5.74) is 2.32. The van der Waals surface area contributed by atoms with Crippen LogP contribution in [0.5, 0.6) is 11.5 Å². The van der Waals surface area contributed by atoms with Gasteiger partial charge in [0.05, 0.1) is 18.7 Å². The van der Waals surface area contributed by atoms with E-state index in [0.717, 1.165) is 36.9 Å². The van der Waals surface area contributed by atoms with Gasteiger partial charge in [0, 0.05) is 16.6 Å². The third-order valence-corrected chi connectivity index (χ3v) is 5.94. The predicted octanol–water partition coefficient (Wildman–Crippen LogP) is 3.58. The van der Waals surface area contributed by atoms with Crippen LogP contribution in [0, 0.1) is 0 Å². The van der Waals surface area contributed by atoms with Gasteiger partial charge in [-0.25, -0.2) is 4.79 Å². The number of rotatable bonds is 6. The number of carbonyl (C=O) groups is 2. The van der Waals surface area contributed by atoms with Crippen molar-refractivity contribution in [3.05, 3.63) is 34.2 Å². The van der Waals surface area contributed by atoms with Crippen molar-refractivity contribution < 1.29 is 23.8 Å². The average Bonchev–Trinajstić information content (AvgIpc) is 3.30. The molecule has 28 heavy (non-hydrogen) atoms. The Bertz CT molecular complexity index is 908. The fraction of sp³-hybridized carbons (Fsp3) is 0.400. The molecule has 1 amide bonds. The van der Waals surface area contributed by atoms with E-state index in [1.807, 2.05) is 6.07 Å². The van der Waals surface area contributed by atoms with E-state index in [-0.39, 0.29) is 25.2 Å². The van der Waals surface area contributed by atoms with Gasteiger partial charge in [-0.15, -0.1) is 11.3 Å². The smallest absolute Gasteiger partial charge is 0.341 e. The van der Waals surface area contributed by atoms with Crippen molar-refractivity contribution in [1.29, 1.82) is 0 Å². The Hall–Kier alpha value is -2.74. The molecule has 2 aromatic rings. The largest absolute Gasteiger partial charge is 0.462 e. The summed E-state index contributed by atoms with van der Waals surface area (Å²) in [6.07, 6.45) is 3.95. The lowest BCUT2D eigenvalue weighted by Crippen LogP contribution is -2.22. The number of hydrogen-bond acceptors (Lipinski definition) is 7. The number of aryl methyl sites for hydroxylation is 1. The van der Waals surface area contributed by atoms with Crippen LogP contribution < -0.4 is 20.1 Å². The van der Waals surface area contributed by atoms with Crippen molar-refractivity contribution in [3.63, 3.8) is 0 Å². The Morgan fingerprint density at radius 2 is 2.00 bits per heavy atom. The molecule has 1 aliphatic carbocycles. The number of fused-ring (bicyclic) bond motifs is 2. The molecule has 7 nitrogen and oxygen atoms in total. The lowest BCUT2D eigenvalue weighted by molar-refractivity contribution is -0.114. The summed E-state index contributed by atoms with van der Waals surface area (Å²) in [6, 6.07) is 5.42. The van der Waals surface area contributed by atoms with Gasteiger partial charge in [-0.05, 0) is 50.3 Å². The Kier molecular flexibility index (Phi) is 5.38. The molecule has 1 aromatic carbocycles. The van der Waals surface area contributed by atoms with Gasteiger partial charge < -0.3 is 24.8 Å². The van der Waals surface area contributed by atoms with Gasteiger partial charge >= 0.3 is 5.97 Å². The van der Waals surface area contributed by atoms with Gasteiger partial charge in [0.2, 0.25) is 12.7 Å². The zero-order valence-corrected chi connectivity index (χ0v) is 16.4. The summed E-state index contributed by atoms with van der Waals surface area (Å²) in [5, 5.41) is 6.55. The lowest BCUT2D eigenvalue weighted by atomic mass is 9.95. The topological polar surface area (TPSA) is 85.9 Å². The quantitative estimate of drug-likeness (QED) is 0.719. The Morgan fingerprint density at radius 3 is 2.86 bits per heavy atom. The predicted molar refractivity (Wildman–Crippen MR) is 107 cm³/mol. The number of nitrogens with one attached hydrogen (secondary N) is 2. The minimum atomic E-state index is -0.360. The van der Waals surface area contributed by atoms with Gasteiger partial charge in [0.1, 0.15) is 5.00 Å². The van der Waals surface area contributed by atoms with Crippen LogP contribution in [-0.2, 0) is 22.4 Å². The first-order valence-corrected chi connectivity index (χ1v) is 10.2. The number of anilines is 2. The van der Waals surface area contributed by atoms with Gasteiger partial charge in [0.15, 0.2) is 11.5 Å². The van der Waals surface area contributed by atoms with E-state index in [0.29, 0.717) is 28.7 Å². The highest BCUT2D eigenvalue weighted by Crippen LogP contribution is 2.38. The summed E-state index contributed by atoms with van der Waals surface area (Å²) in [6.45, 7) is 2.37. The minimum Gasteiger partial charge on any atom is -0.462 e. The van der Waals surface area contributed by atoms with Crippen molar-refractivity contribution in [2.24, 2.45) is 0 Å². The second-order valence-electron chi connectivity index (χ2n) is 6.61. The van der Waals surface area contributed by atoms with E-state index in [1.165, 1.54) is 16.2 Å². The standard InChI is InChI=1S/C20H22N2O5S/c1-2-25-20(24)18-13-5-3-4-6-16(13)28-19(18)22-17(23)10-21-12-7-8-14-15(9-12)27-11-26-14/h7-9,21H,2-6,10-11H2,1H3,(H,22,23). The number of hydrogen-bond donors (Lipinski definition) is 2. The molecule has 0 saturated heterocycles. The van der Waals surface area contributed by atoms with E-state index in [1.54, 1.807) is 19.1 Å². The summed E-state index contributed by atoms with van der Waals surface area (Å²) in [4.78, 5) is 26.1. The Balaban J connectivity index is 1.45. The van der Waals surface area contributed by atoms with Crippen LogP contribution in [0.25, 0.3) is 0 Å². The van der Waals surface area contributed by atoms with Crippen molar-refractivity contribution in [3.8, 4) is 11.5 Å². The van der Waals surface area contributed by atoms with Crippen LogP contribution in [0.3, 0.4) is 0 Å². The van der Waals surface area contributed by atoms with E-state index in [9.17, 15) is 9.59 Å². The highest BCUT2D eigenvalue weighted by Gasteiger charge is 2.27. The van der Waals surface area contributed by atoms with Crippen molar-refractivity contribution in [2.45, 2.75) is 32.6 Å². The molecule has 0 radical (unpaired) electrons. The molecule has 2 N–H and O–H groups in total. The second kappa shape index (κ2) is 8.10. The maximum atomic E-state index is 12.5. The molecule has 148 valence electrons. The van der Waals surface area contributed by atoms with Crippen LogP contribution in [0.15, 0.2) is 18.2 Å².